The summed E-state index contributed by atoms with van der Waals surface area (Å²) in [6, 6.07) is 17.1. The zero-order valence-corrected chi connectivity index (χ0v) is 19.4. The van der Waals surface area contributed by atoms with E-state index in [-0.39, 0.29) is 18.9 Å². The second kappa shape index (κ2) is 9.03. The second-order valence-electron chi connectivity index (χ2n) is 9.84. The molecule has 2 N–H and O–H groups in total. The molecule has 33 heavy (non-hydrogen) atoms. The van der Waals surface area contributed by atoms with Gasteiger partial charge in [0.2, 0.25) is 5.92 Å². The number of amides is 1. The van der Waals surface area contributed by atoms with Gasteiger partial charge in [-0.15, -0.1) is 0 Å². The average Bonchev–Trinajstić information content (AvgIpc) is 2.80. The van der Waals surface area contributed by atoms with Crippen LogP contribution in [0.25, 0.3) is 0 Å². The van der Waals surface area contributed by atoms with Crippen LogP contribution in [0, 0.1) is 0 Å². The second-order valence-corrected chi connectivity index (χ2v) is 9.84. The molecule has 5 nitrogen and oxygen atoms in total. The van der Waals surface area contributed by atoms with Gasteiger partial charge >= 0.3 is 6.09 Å². The molecule has 0 bridgehead atoms. The topological polar surface area (TPSA) is 58.8 Å². The number of carbonyl (C=O) groups excluding carboxylic acids is 1. The minimum absolute atomic E-state index is 0.132. The molecule has 1 aliphatic heterocycles. The third-order valence-corrected chi connectivity index (χ3v) is 7.07. The standard InChI is InChI=1S/C26H33F2N3O2/c1-24(2,29)20-8-10-21(11-9-20)25(12-14-26(27,28)15-13-25)31-18-16-30(17-19-31)23(32)33-22-6-4-3-5-7-22/h3-11H,12-19,29H2,1-2H3. The van der Waals surface area contributed by atoms with Crippen molar-refractivity contribution in [1.29, 1.82) is 0 Å². The van der Waals surface area contributed by atoms with Gasteiger partial charge in [-0.05, 0) is 49.9 Å². The van der Waals surface area contributed by atoms with Crippen LogP contribution < -0.4 is 10.5 Å². The molecule has 2 fully saturated rings. The Morgan fingerprint density at radius 3 is 2.03 bits per heavy atom. The third kappa shape index (κ3) is 5.20. The minimum atomic E-state index is -2.62. The van der Waals surface area contributed by atoms with Gasteiger partial charge in [0, 0.05) is 50.1 Å². The number of benzene rings is 2. The molecule has 0 aromatic heterocycles. The van der Waals surface area contributed by atoms with Crippen molar-refractivity contribution in [2.24, 2.45) is 5.73 Å². The summed E-state index contributed by atoms with van der Waals surface area (Å²) in [6.45, 7) is 6.12. The fraction of sp³-hybridized carbons (Fsp3) is 0.500. The number of ether oxygens (including phenoxy) is 1. The fourth-order valence-corrected chi connectivity index (χ4v) is 5.00. The van der Waals surface area contributed by atoms with E-state index in [1.54, 1.807) is 17.0 Å². The largest absolute Gasteiger partial charge is 0.415 e. The Morgan fingerprint density at radius 1 is 0.909 bits per heavy atom. The fourth-order valence-electron chi connectivity index (χ4n) is 5.00. The van der Waals surface area contributed by atoms with E-state index in [4.69, 9.17) is 10.5 Å². The van der Waals surface area contributed by atoms with Gasteiger partial charge in [-0.3, -0.25) is 4.90 Å². The Labute approximate surface area is 194 Å². The van der Waals surface area contributed by atoms with Crippen molar-refractivity contribution in [3.05, 3.63) is 65.7 Å². The number of nitrogens with zero attached hydrogens (tertiary/aromatic N) is 2. The summed E-state index contributed by atoms with van der Waals surface area (Å²) in [7, 11) is 0. The van der Waals surface area contributed by atoms with E-state index in [0.717, 1.165) is 11.1 Å². The molecule has 1 saturated carbocycles. The highest BCUT2D eigenvalue weighted by Gasteiger charge is 2.48. The Morgan fingerprint density at radius 2 is 1.48 bits per heavy atom. The van der Waals surface area contributed by atoms with Crippen molar-refractivity contribution in [2.45, 2.75) is 56.5 Å². The van der Waals surface area contributed by atoms with E-state index in [9.17, 15) is 13.6 Å². The number of hydrogen-bond acceptors (Lipinski definition) is 4. The van der Waals surface area contributed by atoms with Crippen molar-refractivity contribution in [3.63, 3.8) is 0 Å². The van der Waals surface area contributed by atoms with E-state index in [0.29, 0.717) is 44.8 Å². The number of halogens is 2. The van der Waals surface area contributed by atoms with Gasteiger partial charge in [-0.1, -0.05) is 42.5 Å². The van der Waals surface area contributed by atoms with E-state index < -0.39 is 17.0 Å². The Hall–Kier alpha value is -2.51. The van der Waals surface area contributed by atoms with Gasteiger partial charge in [0.1, 0.15) is 5.75 Å². The van der Waals surface area contributed by atoms with Gasteiger partial charge in [0.15, 0.2) is 0 Å². The third-order valence-electron chi connectivity index (χ3n) is 7.07. The summed E-state index contributed by atoms with van der Waals surface area (Å²) < 4.78 is 33.7. The lowest BCUT2D eigenvalue weighted by Gasteiger charge is -2.51. The van der Waals surface area contributed by atoms with E-state index >= 15 is 0 Å². The summed E-state index contributed by atoms with van der Waals surface area (Å²) in [5, 5.41) is 0. The molecule has 178 valence electrons. The van der Waals surface area contributed by atoms with Crippen LogP contribution in [0.2, 0.25) is 0 Å². The van der Waals surface area contributed by atoms with E-state index in [1.165, 1.54) is 0 Å². The highest BCUT2D eigenvalue weighted by molar-refractivity contribution is 5.70. The quantitative estimate of drug-likeness (QED) is 0.694. The normalized spacial score (nSPS) is 20.9. The summed E-state index contributed by atoms with van der Waals surface area (Å²) in [6.07, 6.45) is 0.139. The van der Waals surface area contributed by atoms with Crippen LogP contribution in [0.3, 0.4) is 0 Å². The minimum Gasteiger partial charge on any atom is -0.410 e. The lowest BCUT2D eigenvalue weighted by molar-refractivity contribution is -0.0911. The molecular formula is C26H33F2N3O2. The molecule has 7 heteroatoms. The maximum atomic E-state index is 14.1. The van der Waals surface area contributed by atoms with E-state index in [1.807, 2.05) is 56.3 Å². The first-order valence-corrected chi connectivity index (χ1v) is 11.6. The maximum Gasteiger partial charge on any atom is 0.415 e. The summed E-state index contributed by atoms with van der Waals surface area (Å²) in [4.78, 5) is 16.6. The summed E-state index contributed by atoms with van der Waals surface area (Å²) in [5.74, 6) is -2.11. The number of nitrogens with two attached hydrogens (primary N) is 1. The first-order chi connectivity index (χ1) is 15.6. The van der Waals surface area contributed by atoms with Crippen molar-refractivity contribution >= 4 is 6.09 Å². The molecule has 4 rings (SSSR count). The number of hydrogen-bond donors (Lipinski definition) is 1. The van der Waals surface area contributed by atoms with Crippen molar-refractivity contribution in [2.75, 3.05) is 26.2 Å². The molecule has 1 heterocycles. The SMILES string of the molecule is CC(C)(N)c1ccc(C2(N3CCN(C(=O)Oc4ccccc4)CC3)CCC(F)(F)CC2)cc1. The molecule has 0 atom stereocenters. The zero-order chi connectivity index (χ0) is 23.7. The van der Waals surface area contributed by atoms with Crippen LogP contribution in [0.15, 0.2) is 54.6 Å². The summed E-state index contributed by atoms with van der Waals surface area (Å²) >= 11 is 0. The van der Waals surface area contributed by atoms with Gasteiger partial charge in [0.05, 0.1) is 0 Å². The predicted octanol–water partition coefficient (Wildman–Crippen LogP) is 5.10. The first kappa shape index (κ1) is 23.6. The number of rotatable bonds is 4. The number of carbonyl (C=O) groups is 1. The molecule has 0 unspecified atom stereocenters. The molecule has 2 aliphatic rings. The van der Waals surface area contributed by atoms with Crippen LogP contribution in [0.5, 0.6) is 5.75 Å². The smallest absolute Gasteiger partial charge is 0.410 e. The molecular weight excluding hydrogens is 424 g/mol. The van der Waals surface area contributed by atoms with Gasteiger partial charge < -0.3 is 15.4 Å². The van der Waals surface area contributed by atoms with Crippen molar-refractivity contribution < 1.29 is 18.3 Å². The molecule has 0 spiro atoms. The predicted molar refractivity (Wildman–Crippen MR) is 124 cm³/mol. The molecule has 1 saturated heterocycles. The van der Waals surface area contributed by atoms with Crippen molar-refractivity contribution in [1.82, 2.24) is 9.80 Å². The molecule has 1 amide bonds. The Bertz CT molecular complexity index is 940. The molecule has 0 radical (unpaired) electrons. The highest BCUT2D eigenvalue weighted by atomic mass is 19.3. The van der Waals surface area contributed by atoms with Crippen LogP contribution in [0.1, 0.15) is 50.7 Å². The lowest BCUT2D eigenvalue weighted by Crippen LogP contribution is -2.58. The zero-order valence-electron chi connectivity index (χ0n) is 19.4. The lowest BCUT2D eigenvalue weighted by atomic mass is 9.73. The van der Waals surface area contributed by atoms with Crippen LogP contribution in [-0.2, 0) is 11.1 Å². The van der Waals surface area contributed by atoms with Gasteiger partial charge in [0.25, 0.3) is 0 Å². The molecule has 2 aromatic rings. The average molecular weight is 458 g/mol. The number of piperazine rings is 1. The number of alkyl halides is 2. The van der Waals surface area contributed by atoms with Crippen LogP contribution in [-0.4, -0.2) is 48.0 Å². The highest BCUT2D eigenvalue weighted by Crippen LogP contribution is 2.48. The van der Waals surface area contributed by atoms with Crippen LogP contribution >= 0.6 is 0 Å². The Balaban J connectivity index is 1.50. The van der Waals surface area contributed by atoms with Gasteiger partial charge in [-0.2, -0.15) is 0 Å². The number of para-hydroxylation sites is 1. The Kier molecular flexibility index (Phi) is 6.47. The van der Waals surface area contributed by atoms with Gasteiger partial charge in [-0.25, -0.2) is 13.6 Å². The van der Waals surface area contributed by atoms with Crippen LogP contribution in [0.4, 0.5) is 13.6 Å². The maximum absolute atomic E-state index is 14.1. The molecule has 2 aromatic carbocycles. The first-order valence-electron chi connectivity index (χ1n) is 11.6. The molecule has 1 aliphatic carbocycles. The monoisotopic (exact) mass is 457 g/mol. The summed E-state index contributed by atoms with van der Waals surface area (Å²) in [5.41, 5.74) is 7.37. The van der Waals surface area contributed by atoms with Crippen molar-refractivity contribution in [3.8, 4) is 5.75 Å². The van der Waals surface area contributed by atoms with E-state index in [2.05, 4.69) is 4.90 Å².